The van der Waals surface area contributed by atoms with E-state index in [0.717, 1.165) is 25.9 Å². The molecule has 0 fully saturated rings. The fourth-order valence-electron chi connectivity index (χ4n) is 1.90. The summed E-state index contributed by atoms with van der Waals surface area (Å²) in [5, 5.41) is 3.42. The maximum atomic E-state index is 13.1. The predicted molar refractivity (Wildman–Crippen MR) is 79.4 cm³/mol. The topological polar surface area (TPSA) is 12.0 Å². The van der Waals surface area contributed by atoms with Crippen LogP contribution in [0.5, 0.6) is 0 Å². The molecule has 0 radical (unpaired) electrons. The van der Waals surface area contributed by atoms with E-state index in [4.69, 9.17) is 0 Å². The summed E-state index contributed by atoms with van der Waals surface area (Å²) in [4.78, 5) is 0. The molecule has 0 saturated carbocycles. The highest BCUT2D eigenvalue weighted by Gasteiger charge is 2.04. The highest BCUT2D eigenvalue weighted by molar-refractivity contribution is 9.10. The summed E-state index contributed by atoms with van der Waals surface area (Å²) in [6.07, 6.45) is 4.58. The molecule has 102 valence electrons. The first kappa shape index (κ1) is 15.6. The van der Waals surface area contributed by atoms with Gasteiger partial charge >= 0.3 is 0 Å². The summed E-state index contributed by atoms with van der Waals surface area (Å²) in [6, 6.07) is 5.30. The van der Waals surface area contributed by atoms with Crippen molar-refractivity contribution in [1.82, 2.24) is 5.32 Å². The average Bonchev–Trinajstić information content (AvgIpc) is 2.36. The Morgan fingerprint density at radius 3 is 2.72 bits per heavy atom. The quantitative estimate of drug-likeness (QED) is 0.694. The van der Waals surface area contributed by atoms with Crippen LogP contribution in [0.4, 0.5) is 4.39 Å². The van der Waals surface area contributed by atoms with Crippen molar-refractivity contribution in [3.63, 3.8) is 0 Å². The fraction of sp³-hybridized carbons (Fsp3) is 0.600. The van der Waals surface area contributed by atoms with E-state index in [1.807, 2.05) is 12.1 Å². The molecule has 1 nitrogen and oxygen atoms in total. The third kappa shape index (κ3) is 5.96. The third-order valence-corrected chi connectivity index (χ3v) is 3.76. The van der Waals surface area contributed by atoms with Crippen LogP contribution in [0, 0.1) is 11.7 Å². The lowest BCUT2D eigenvalue weighted by Gasteiger charge is -2.12. The van der Waals surface area contributed by atoms with Gasteiger partial charge in [0.15, 0.2) is 0 Å². The van der Waals surface area contributed by atoms with E-state index in [9.17, 15) is 4.39 Å². The second-order valence-corrected chi connectivity index (χ2v) is 5.79. The van der Waals surface area contributed by atoms with Crippen LogP contribution >= 0.6 is 15.9 Å². The number of hydrogen-bond donors (Lipinski definition) is 1. The summed E-state index contributed by atoms with van der Waals surface area (Å²) in [5.74, 6) is 0.522. The molecule has 18 heavy (non-hydrogen) atoms. The maximum absolute atomic E-state index is 13.1. The molecule has 0 bridgehead atoms. The second kappa shape index (κ2) is 8.65. The lowest BCUT2D eigenvalue weighted by atomic mass is 9.98. The largest absolute Gasteiger partial charge is 0.317 e. The van der Waals surface area contributed by atoms with Crippen LogP contribution in [-0.2, 0) is 6.42 Å². The van der Waals surface area contributed by atoms with Gasteiger partial charge < -0.3 is 5.32 Å². The van der Waals surface area contributed by atoms with Gasteiger partial charge in [0, 0.05) is 0 Å². The van der Waals surface area contributed by atoms with Crippen molar-refractivity contribution in [2.24, 2.45) is 5.92 Å². The molecule has 0 amide bonds. The molecule has 3 heteroatoms. The average molecular weight is 316 g/mol. The standard InChI is InChI=1S/C15H23BrFN/c1-3-9-18-10-8-12(2)4-5-13-6-7-15(17)14(16)11-13/h6-7,11-12,18H,3-5,8-10H2,1-2H3. The number of hydrogen-bond acceptors (Lipinski definition) is 1. The summed E-state index contributed by atoms with van der Waals surface area (Å²) in [6.45, 7) is 6.68. The van der Waals surface area contributed by atoms with E-state index in [1.165, 1.54) is 24.5 Å². The van der Waals surface area contributed by atoms with E-state index in [2.05, 4.69) is 35.1 Å². The van der Waals surface area contributed by atoms with Gasteiger partial charge in [-0.05, 0) is 78.3 Å². The lowest BCUT2D eigenvalue weighted by Crippen LogP contribution is -2.18. The Bertz CT molecular complexity index is 354. The highest BCUT2D eigenvalue weighted by atomic mass is 79.9. The van der Waals surface area contributed by atoms with Crippen LogP contribution in [-0.4, -0.2) is 13.1 Å². The first-order valence-corrected chi connectivity index (χ1v) is 7.57. The summed E-state index contributed by atoms with van der Waals surface area (Å²) < 4.78 is 13.6. The van der Waals surface area contributed by atoms with Gasteiger partial charge in [-0.1, -0.05) is 19.9 Å². The van der Waals surface area contributed by atoms with Gasteiger partial charge in [0.25, 0.3) is 0 Å². The molecule has 0 aliphatic heterocycles. The fourth-order valence-corrected chi connectivity index (χ4v) is 2.33. The van der Waals surface area contributed by atoms with Gasteiger partial charge in [-0.15, -0.1) is 0 Å². The molecule has 0 spiro atoms. The van der Waals surface area contributed by atoms with E-state index in [0.29, 0.717) is 10.4 Å². The Kier molecular flexibility index (Phi) is 7.52. The van der Waals surface area contributed by atoms with Gasteiger partial charge in [0.05, 0.1) is 4.47 Å². The SMILES string of the molecule is CCCNCCC(C)CCc1ccc(F)c(Br)c1. The molecule has 0 aliphatic rings. The van der Waals surface area contributed by atoms with Gasteiger partial charge in [0.2, 0.25) is 0 Å². The molecule has 1 aromatic rings. The number of halogens is 2. The van der Waals surface area contributed by atoms with Gasteiger partial charge in [0.1, 0.15) is 5.82 Å². The van der Waals surface area contributed by atoms with Crippen molar-refractivity contribution in [1.29, 1.82) is 0 Å². The zero-order chi connectivity index (χ0) is 13.4. The highest BCUT2D eigenvalue weighted by Crippen LogP contribution is 2.19. The van der Waals surface area contributed by atoms with Crippen LogP contribution < -0.4 is 5.32 Å². The van der Waals surface area contributed by atoms with Crippen LogP contribution in [0.15, 0.2) is 22.7 Å². The van der Waals surface area contributed by atoms with Crippen molar-refractivity contribution < 1.29 is 4.39 Å². The van der Waals surface area contributed by atoms with Crippen molar-refractivity contribution >= 4 is 15.9 Å². The van der Waals surface area contributed by atoms with E-state index in [-0.39, 0.29) is 5.82 Å². The first-order chi connectivity index (χ1) is 8.63. The molecule has 1 aromatic carbocycles. The minimum absolute atomic E-state index is 0.185. The van der Waals surface area contributed by atoms with Crippen LogP contribution in [0.2, 0.25) is 0 Å². The van der Waals surface area contributed by atoms with Crippen molar-refractivity contribution in [3.05, 3.63) is 34.1 Å². The molecule has 1 unspecified atom stereocenters. The summed E-state index contributed by atoms with van der Waals surface area (Å²) >= 11 is 3.23. The van der Waals surface area contributed by atoms with E-state index >= 15 is 0 Å². The van der Waals surface area contributed by atoms with Crippen molar-refractivity contribution in [2.45, 2.75) is 39.5 Å². The zero-order valence-corrected chi connectivity index (χ0v) is 12.9. The third-order valence-electron chi connectivity index (χ3n) is 3.15. The Morgan fingerprint density at radius 1 is 1.28 bits per heavy atom. The Labute approximate surface area is 118 Å². The first-order valence-electron chi connectivity index (χ1n) is 6.78. The smallest absolute Gasteiger partial charge is 0.137 e. The van der Waals surface area contributed by atoms with Crippen LogP contribution in [0.3, 0.4) is 0 Å². The number of aryl methyl sites for hydroxylation is 1. The molecule has 0 aliphatic carbocycles. The molecule has 0 aromatic heterocycles. The number of benzene rings is 1. The maximum Gasteiger partial charge on any atom is 0.137 e. The van der Waals surface area contributed by atoms with E-state index < -0.39 is 0 Å². The molecule has 0 heterocycles. The van der Waals surface area contributed by atoms with Crippen molar-refractivity contribution in [3.8, 4) is 0 Å². The summed E-state index contributed by atoms with van der Waals surface area (Å²) in [7, 11) is 0. The lowest BCUT2D eigenvalue weighted by molar-refractivity contribution is 0.470. The number of nitrogens with one attached hydrogen (secondary N) is 1. The van der Waals surface area contributed by atoms with Gasteiger partial charge in [-0.25, -0.2) is 4.39 Å². The molecular formula is C15H23BrFN. The Balaban J connectivity index is 2.24. The van der Waals surface area contributed by atoms with Gasteiger partial charge in [-0.3, -0.25) is 0 Å². The monoisotopic (exact) mass is 315 g/mol. The minimum Gasteiger partial charge on any atom is -0.317 e. The molecule has 1 atom stereocenters. The molecule has 1 rings (SSSR count). The Morgan fingerprint density at radius 2 is 2.06 bits per heavy atom. The summed E-state index contributed by atoms with van der Waals surface area (Å²) in [5.41, 5.74) is 1.21. The Hall–Kier alpha value is -0.410. The van der Waals surface area contributed by atoms with Crippen LogP contribution in [0.1, 0.15) is 38.7 Å². The number of rotatable bonds is 8. The normalized spacial score (nSPS) is 12.7. The minimum atomic E-state index is -0.185. The van der Waals surface area contributed by atoms with Crippen molar-refractivity contribution in [2.75, 3.05) is 13.1 Å². The second-order valence-electron chi connectivity index (χ2n) is 4.93. The van der Waals surface area contributed by atoms with Gasteiger partial charge in [-0.2, -0.15) is 0 Å². The zero-order valence-electron chi connectivity index (χ0n) is 11.3. The van der Waals surface area contributed by atoms with Crippen LogP contribution in [0.25, 0.3) is 0 Å². The molecular weight excluding hydrogens is 293 g/mol. The predicted octanol–water partition coefficient (Wildman–Crippen LogP) is 4.55. The van der Waals surface area contributed by atoms with E-state index in [1.54, 1.807) is 0 Å². The molecule has 1 N–H and O–H groups in total. The molecule has 0 saturated heterocycles.